The Morgan fingerprint density at radius 2 is 2.05 bits per heavy atom. The van der Waals surface area contributed by atoms with Crippen molar-refractivity contribution in [2.75, 3.05) is 13.1 Å². The van der Waals surface area contributed by atoms with E-state index in [4.69, 9.17) is 4.74 Å². The highest BCUT2D eigenvalue weighted by Gasteiger charge is 2.30. The average molecular weight is 289 g/mol. The number of benzene rings is 1. The summed E-state index contributed by atoms with van der Waals surface area (Å²) < 4.78 is 5.95. The Kier molecular flexibility index (Phi) is 4.98. The standard InChI is InChI=1S/C19H31NO/c1-6-11-20-14-18(2,3)10-9-15-7-8-17-16(12-15)13-19(4,5)21-17/h7-8,12,20H,6,9-11,13-14H2,1-5H3. The third kappa shape index (κ3) is 4.74. The van der Waals surface area contributed by atoms with Crippen molar-refractivity contribution < 1.29 is 4.74 Å². The number of rotatable bonds is 7. The summed E-state index contributed by atoms with van der Waals surface area (Å²) in [5.74, 6) is 1.08. The smallest absolute Gasteiger partial charge is 0.123 e. The average Bonchev–Trinajstić information content (AvgIpc) is 2.69. The van der Waals surface area contributed by atoms with Gasteiger partial charge >= 0.3 is 0 Å². The van der Waals surface area contributed by atoms with Gasteiger partial charge in [-0.15, -0.1) is 0 Å². The molecular weight excluding hydrogens is 258 g/mol. The zero-order valence-electron chi connectivity index (χ0n) is 14.4. The van der Waals surface area contributed by atoms with Crippen LogP contribution < -0.4 is 10.1 Å². The van der Waals surface area contributed by atoms with E-state index in [0.717, 1.165) is 31.7 Å². The summed E-state index contributed by atoms with van der Waals surface area (Å²) in [6, 6.07) is 6.73. The molecule has 0 saturated carbocycles. The molecule has 0 radical (unpaired) electrons. The molecule has 0 aliphatic carbocycles. The van der Waals surface area contributed by atoms with Gasteiger partial charge in [0.25, 0.3) is 0 Å². The molecule has 1 aromatic carbocycles. The first-order valence-corrected chi connectivity index (χ1v) is 8.33. The van der Waals surface area contributed by atoms with Gasteiger partial charge in [-0.25, -0.2) is 0 Å². The maximum absolute atomic E-state index is 5.95. The number of hydrogen-bond acceptors (Lipinski definition) is 2. The molecule has 1 aliphatic rings. The normalized spacial score (nSPS) is 16.6. The van der Waals surface area contributed by atoms with Gasteiger partial charge in [0, 0.05) is 13.0 Å². The van der Waals surface area contributed by atoms with Gasteiger partial charge in [-0.3, -0.25) is 0 Å². The van der Waals surface area contributed by atoms with Crippen LogP contribution in [0.25, 0.3) is 0 Å². The van der Waals surface area contributed by atoms with Crippen molar-refractivity contribution in [2.45, 2.75) is 65.9 Å². The van der Waals surface area contributed by atoms with Crippen molar-refractivity contribution in [1.29, 1.82) is 0 Å². The van der Waals surface area contributed by atoms with Gasteiger partial charge in [0.15, 0.2) is 0 Å². The second-order valence-corrected chi connectivity index (χ2v) is 7.82. The fraction of sp³-hybridized carbons (Fsp3) is 0.684. The molecule has 0 spiro atoms. The molecule has 0 fully saturated rings. The van der Waals surface area contributed by atoms with Gasteiger partial charge in [0.05, 0.1) is 0 Å². The van der Waals surface area contributed by atoms with Crippen molar-refractivity contribution in [3.8, 4) is 5.75 Å². The molecule has 118 valence electrons. The molecule has 2 nitrogen and oxygen atoms in total. The van der Waals surface area contributed by atoms with Crippen LogP contribution in [-0.2, 0) is 12.8 Å². The van der Waals surface area contributed by atoms with E-state index in [1.807, 2.05) is 0 Å². The molecule has 1 aromatic rings. The lowest BCUT2D eigenvalue weighted by atomic mass is 9.85. The van der Waals surface area contributed by atoms with E-state index in [1.54, 1.807) is 0 Å². The predicted octanol–water partition coefficient (Wildman–Crippen LogP) is 4.36. The lowest BCUT2D eigenvalue weighted by Gasteiger charge is -2.25. The molecule has 1 heterocycles. The minimum absolute atomic E-state index is 0.0374. The first-order chi connectivity index (χ1) is 9.81. The summed E-state index contributed by atoms with van der Waals surface area (Å²) >= 11 is 0. The zero-order chi connectivity index (χ0) is 15.5. The van der Waals surface area contributed by atoms with Gasteiger partial charge < -0.3 is 10.1 Å². The number of fused-ring (bicyclic) bond motifs is 1. The Morgan fingerprint density at radius 3 is 2.76 bits per heavy atom. The number of aryl methyl sites for hydroxylation is 1. The van der Waals surface area contributed by atoms with Gasteiger partial charge in [-0.2, -0.15) is 0 Å². The van der Waals surface area contributed by atoms with Gasteiger partial charge in [0.1, 0.15) is 11.4 Å². The third-order valence-corrected chi connectivity index (χ3v) is 4.25. The molecule has 0 atom stereocenters. The SMILES string of the molecule is CCCNCC(C)(C)CCc1ccc2c(c1)CC(C)(C)O2. The van der Waals surface area contributed by atoms with Crippen LogP contribution in [0.4, 0.5) is 0 Å². The molecule has 0 amide bonds. The minimum Gasteiger partial charge on any atom is -0.487 e. The van der Waals surface area contributed by atoms with E-state index in [0.29, 0.717) is 5.41 Å². The van der Waals surface area contributed by atoms with Crippen molar-refractivity contribution in [3.63, 3.8) is 0 Å². The zero-order valence-corrected chi connectivity index (χ0v) is 14.4. The van der Waals surface area contributed by atoms with Crippen molar-refractivity contribution in [2.24, 2.45) is 5.41 Å². The summed E-state index contributed by atoms with van der Waals surface area (Å²) in [5.41, 5.74) is 3.13. The third-order valence-electron chi connectivity index (χ3n) is 4.25. The topological polar surface area (TPSA) is 21.3 Å². The number of nitrogens with one attached hydrogen (secondary N) is 1. The van der Waals surface area contributed by atoms with E-state index in [2.05, 4.69) is 58.1 Å². The Morgan fingerprint density at radius 1 is 1.29 bits per heavy atom. The first kappa shape index (κ1) is 16.4. The second kappa shape index (κ2) is 6.39. The summed E-state index contributed by atoms with van der Waals surface area (Å²) in [7, 11) is 0. The van der Waals surface area contributed by atoms with Crippen LogP contribution in [-0.4, -0.2) is 18.7 Å². The van der Waals surface area contributed by atoms with E-state index in [1.165, 1.54) is 24.0 Å². The Bertz CT molecular complexity index is 476. The van der Waals surface area contributed by atoms with Crippen LogP contribution in [0.2, 0.25) is 0 Å². The number of hydrogen-bond donors (Lipinski definition) is 1. The van der Waals surface area contributed by atoms with E-state index in [-0.39, 0.29) is 5.60 Å². The van der Waals surface area contributed by atoms with Crippen LogP contribution in [0.5, 0.6) is 5.75 Å². The molecule has 21 heavy (non-hydrogen) atoms. The fourth-order valence-corrected chi connectivity index (χ4v) is 2.99. The molecule has 1 N–H and O–H groups in total. The predicted molar refractivity (Wildman–Crippen MR) is 90.1 cm³/mol. The Labute approximate surface area is 130 Å². The summed E-state index contributed by atoms with van der Waals surface area (Å²) in [6.45, 7) is 13.5. The minimum atomic E-state index is -0.0374. The van der Waals surface area contributed by atoms with Crippen molar-refractivity contribution in [1.82, 2.24) is 5.32 Å². The molecule has 1 aliphatic heterocycles. The van der Waals surface area contributed by atoms with E-state index < -0.39 is 0 Å². The Balaban J connectivity index is 1.90. The first-order valence-electron chi connectivity index (χ1n) is 8.33. The largest absolute Gasteiger partial charge is 0.487 e. The molecule has 0 aromatic heterocycles. The van der Waals surface area contributed by atoms with Crippen LogP contribution in [0.1, 0.15) is 58.6 Å². The van der Waals surface area contributed by atoms with E-state index >= 15 is 0 Å². The molecule has 0 saturated heterocycles. The monoisotopic (exact) mass is 289 g/mol. The van der Waals surface area contributed by atoms with E-state index in [9.17, 15) is 0 Å². The van der Waals surface area contributed by atoms with Gasteiger partial charge in [-0.1, -0.05) is 32.9 Å². The molecule has 2 heteroatoms. The van der Waals surface area contributed by atoms with Crippen molar-refractivity contribution in [3.05, 3.63) is 29.3 Å². The molecular formula is C19H31NO. The van der Waals surface area contributed by atoms with Crippen LogP contribution >= 0.6 is 0 Å². The summed E-state index contributed by atoms with van der Waals surface area (Å²) in [6.07, 6.45) is 4.59. The second-order valence-electron chi connectivity index (χ2n) is 7.82. The molecule has 2 rings (SSSR count). The highest BCUT2D eigenvalue weighted by atomic mass is 16.5. The molecule has 0 bridgehead atoms. The maximum Gasteiger partial charge on any atom is 0.123 e. The summed E-state index contributed by atoms with van der Waals surface area (Å²) in [4.78, 5) is 0. The highest BCUT2D eigenvalue weighted by molar-refractivity contribution is 5.41. The Hall–Kier alpha value is -1.02. The van der Waals surface area contributed by atoms with Crippen LogP contribution in [0.15, 0.2) is 18.2 Å². The van der Waals surface area contributed by atoms with Crippen LogP contribution in [0, 0.1) is 5.41 Å². The number of ether oxygens (including phenoxy) is 1. The van der Waals surface area contributed by atoms with Gasteiger partial charge in [-0.05, 0) is 62.3 Å². The summed E-state index contributed by atoms with van der Waals surface area (Å²) in [5, 5.41) is 3.54. The van der Waals surface area contributed by atoms with Crippen molar-refractivity contribution >= 4 is 0 Å². The molecule has 0 unspecified atom stereocenters. The lowest BCUT2D eigenvalue weighted by Crippen LogP contribution is -2.30. The highest BCUT2D eigenvalue weighted by Crippen LogP contribution is 2.35. The maximum atomic E-state index is 5.95. The fourth-order valence-electron chi connectivity index (χ4n) is 2.99. The van der Waals surface area contributed by atoms with Crippen LogP contribution in [0.3, 0.4) is 0 Å². The quantitative estimate of drug-likeness (QED) is 0.753. The lowest BCUT2D eigenvalue weighted by molar-refractivity contribution is 0.138. The van der Waals surface area contributed by atoms with Gasteiger partial charge in [0.2, 0.25) is 0 Å².